The van der Waals surface area contributed by atoms with Crippen LogP contribution in [0.5, 0.6) is 0 Å². The molecular weight excluding hydrogens is 1030 g/mol. The number of carbonyl (C=O) groups is 7. The molecule has 0 atom stereocenters. The van der Waals surface area contributed by atoms with E-state index in [1.165, 1.54) is 199 Å². The standard InChI is InChI=1S/6C10H20O2.C7H14O2/c6*1-2-3-4-5-6-7-8-9-10(11)12;1-2-3-4-5-6-7(8)9/h6*2-9H2,1H3,(H,11,12);2-6H2,1H3,(H,8,9). The van der Waals surface area contributed by atoms with Gasteiger partial charge < -0.3 is 35.7 Å². The second-order valence-electron chi connectivity index (χ2n) is 21.8. The molecule has 0 fully saturated rings. The molecule has 0 aliphatic carbocycles. The number of carboxylic acid groups (broad SMARTS) is 7. The Hall–Kier alpha value is -3.71. The van der Waals surface area contributed by atoms with Gasteiger partial charge in [0, 0.05) is 44.9 Å². The zero-order valence-corrected chi connectivity index (χ0v) is 54.0. The Balaban J connectivity index is -0.000000158. The molecule has 0 radical (unpaired) electrons. The lowest BCUT2D eigenvalue weighted by Crippen LogP contribution is -1.93. The van der Waals surface area contributed by atoms with E-state index >= 15 is 0 Å². The van der Waals surface area contributed by atoms with E-state index in [9.17, 15) is 33.6 Å². The fourth-order valence-electron chi connectivity index (χ4n) is 8.10. The van der Waals surface area contributed by atoms with Gasteiger partial charge in [-0.2, -0.15) is 0 Å². The molecule has 486 valence electrons. The highest BCUT2D eigenvalue weighted by Crippen LogP contribution is 2.13. The predicted octanol–water partition coefficient (Wildman–Crippen LogP) is 21.3. The van der Waals surface area contributed by atoms with Crippen molar-refractivity contribution in [3.63, 3.8) is 0 Å². The molecule has 14 nitrogen and oxygen atoms in total. The highest BCUT2D eigenvalue weighted by molar-refractivity contribution is 5.68. The van der Waals surface area contributed by atoms with E-state index in [0.29, 0.717) is 44.9 Å². The van der Waals surface area contributed by atoms with Crippen molar-refractivity contribution in [3.8, 4) is 0 Å². The van der Waals surface area contributed by atoms with Gasteiger partial charge in [0.2, 0.25) is 0 Å². The van der Waals surface area contributed by atoms with Crippen LogP contribution in [0.25, 0.3) is 0 Å². The van der Waals surface area contributed by atoms with E-state index in [1.54, 1.807) is 0 Å². The van der Waals surface area contributed by atoms with Gasteiger partial charge >= 0.3 is 41.8 Å². The van der Waals surface area contributed by atoms with Crippen molar-refractivity contribution in [2.45, 2.75) is 389 Å². The summed E-state index contributed by atoms with van der Waals surface area (Å²) in [5, 5.41) is 58.3. The third kappa shape index (κ3) is 133. The summed E-state index contributed by atoms with van der Waals surface area (Å²) in [6, 6.07) is 0. The van der Waals surface area contributed by atoms with Crippen molar-refractivity contribution in [1.82, 2.24) is 0 Å². The summed E-state index contributed by atoms with van der Waals surface area (Å²) in [6.07, 6.45) is 56.4. The normalized spacial score (nSPS) is 10.0. The molecule has 81 heavy (non-hydrogen) atoms. The molecule has 7 N–H and O–H groups in total. The number of unbranched alkanes of at least 4 members (excludes halogenated alkanes) is 39. The molecule has 0 amide bonds. The number of rotatable bonds is 53. The molecule has 0 unspecified atom stereocenters. The van der Waals surface area contributed by atoms with Gasteiger partial charge in [0.15, 0.2) is 0 Å². The van der Waals surface area contributed by atoms with Crippen LogP contribution in [-0.2, 0) is 33.6 Å². The molecule has 0 aromatic heterocycles. The average molecular weight is 1160 g/mol. The van der Waals surface area contributed by atoms with Crippen LogP contribution < -0.4 is 0 Å². The molecule has 0 aliphatic heterocycles. The zero-order valence-electron chi connectivity index (χ0n) is 54.0. The van der Waals surface area contributed by atoms with E-state index in [0.717, 1.165) is 96.3 Å². The summed E-state index contributed by atoms with van der Waals surface area (Å²) in [6.45, 7) is 15.3. The van der Waals surface area contributed by atoms with Gasteiger partial charge in [0.1, 0.15) is 0 Å². The number of hydrogen-bond donors (Lipinski definition) is 7. The SMILES string of the molecule is CCCCCCC(=O)O.CCCCCCCCCC(=O)O.CCCCCCCCCC(=O)O.CCCCCCCCCC(=O)O.CCCCCCCCCC(=O)O.CCCCCCCCCC(=O)O.CCCCCCCCCC(=O)O. The fourth-order valence-corrected chi connectivity index (χ4v) is 8.10. The van der Waals surface area contributed by atoms with Crippen LogP contribution >= 0.6 is 0 Å². The third-order valence-corrected chi connectivity index (χ3v) is 13.2. The summed E-state index contributed by atoms with van der Waals surface area (Å²) in [4.78, 5) is 70.8. The largest absolute Gasteiger partial charge is 0.481 e. The Morgan fingerprint density at radius 3 is 0.309 bits per heavy atom. The van der Waals surface area contributed by atoms with Gasteiger partial charge in [-0.3, -0.25) is 33.6 Å². The van der Waals surface area contributed by atoms with E-state index in [4.69, 9.17) is 35.7 Å². The summed E-state index contributed by atoms with van der Waals surface area (Å²) in [7, 11) is 0. The van der Waals surface area contributed by atoms with Crippen molar-refractivity contribution >= 4 is 41.8 Å². The van der Waals surface area contributed by atoms with Crippen LogP contribution in [0, 0.1) is 0 Å². The minimum absolute atomic E-state index is 0.333. The van der Waals surface area contributed by atoms with Crippen LogP contribution in [0.4, 0.5) is 0 Å². The lowest BCUT2D eigenvalue weighted by molar-refractivity contribution is -0.138. The summed E-state index contributed by atoms with van der Waals surface area (Å²) in [5.41, 5.74) is 0. The molecule has 0 rings (SSSR count). The van der Waals surface area contributed by atoms with Crippen LogP contribution in [0.1, 0.15) is 389 Å². The maximum atomic E-state index is 10.1. The average Bonchev–Trinajstić information content (AvgIpc) is 3.41. The van der Waals surface area contributed by atoms with Gasteiger partial charge in [-0.25, -0.2) is 0 Å². The molecule has 0 spiro atoms. The number of aliphatic carboxylic acids is 7. The molecule has 0 heterocycles. The molecule has 0 aromatic rings. The molecule has 0 saturated heterocycles. The Bertz CT molecular complexity index is 1060. The minimum atomic E-state index is -0.675. The summed E-state index contributed by atoms with van der Waals surface area (Å²) < 4.78 is 0. The van der Waals surface area contributed by atoms with Gasteiger partial charge in [-0.15, -0.1) is 0 Å². The first-order valence-corrected chi connectivity index (χ1v) is 33.4. The monoisotopic (exact) mass is 1160 g/mol. The van der Waals surface area contributed by atoms with Crippen LogP contribution in [0.2, 0.25) is 0 Å². The van der Waals surface area contributed by atoms with Crippen molar-refractivity contribution < 1.29 is 69.3 Å². The van der Waals surface area contributed by atoms with Crippen LogP contribution in [-0.4, -0.2) is 77.5 Å². The highest BCUT2D eigenvalue weighted by atomic mass is 16.4. The first-order chi connectivity index (χ1) is 38.9. The first kappa shape index (κ1) is 91.0. The van der Waals surface area contributed by atoms with Crippen molar-refractivity contribution in [2.75, 3.05) is 0 Å². The lowest BCUT2D eigenvalue weighted by atomic mass is 10.1. The highest BCUT2D eigenvalue weighted by Gasteiger charge is 2.01. The minimum Gasteiger partial charge on any atom is -0.481 e. The van der Waals surface area contributed by atoms with Crippen LogP contribution in [0.3, 0.4) is 0 Å². The number of carboxylic acids is 7. The van der Waals surface area contributed by atoms with Gasteiger partial charge in [0.25, 0.3) is 0 Å². The second-order valence-corrected chi connectivity index (χ2v) is 21.8. The van der Waals surface area contributed by atoms with Crippen molar-refractivity contribution in [2.24, 2.45) is 0 Å². The Morgan fingerprint density at radius 1 is 0.148 bits per heavy atom. The second kappa shape index (κ2) is 87.5. The van der Waals surface area contributed by atoms with E-state index < -0.39 is 41.8 Å². The molecule has 0 aliphatic rings. The van der Waals surface area contributed by atoms with Crippen molar-refractivity contribution in [1.29, 1.82) is 0 Å². The van der Waals surface area contributed by atoms with E-state index in [1.807, 2.05) is 0 Å². The maximum Gasteiger partial charge on any atom is 0.303 e. The van der Waals surface area contributed by atoms with Crippen LogP contribution in [0.15, 0.2) is 0 Å². The third-order valence-electron chi connectivity index (χ3n) is 13.2. The van der Waals surface area contributed by atoms with Gasteiger partial charge in [-0.1, -0.05) is 299 Å². The van der Waals surface area contributed by atoms with E-state index in [-0.39, 0.29) is 0 Å². The Kier molecular flexibility index (Phi) is 98.4. The van der Waals surface area contributed by atoms with E-state index in [2.05, 4.69) is 48.5 Å². The fraction of sp³-hybridized carbons (Fsp3) is 0.896. The van der Waals surface area contributed by atoms with Crippen molar-refractivity contribution in [3.05, 3.63) is 0 Å². The molecule has 0 aromatic carbocycles. The summed E-state index contributed by atoms with van der Waals surface area (Å²) in [5.74, 6) is -4.66. The summed E-state index contributed by atoms with van der Waals surface area (Å²) >= 11 is 0. The zero-order chi connectivity index (χ0) is 62.5. The number of hydrogen-bond acceptors (Lipinski definition) is 7. The first-order valence-electron chi connectivity index (χ1n) is 33.4. The Labute approximate surface area is 498 Å². The molecule has 0 saturated carbocycles. The predicted molar refractivity (Wildman–Crippen MR) is 338 cm³/mol. The lowest BCUT2D eigenvalue weighted by Gasteiger charge is -1.98. The smallest absolute Gasteiger partial charge is 0.303 e. The van der Waals surface area contributed by atoms with Gasteiger partial charge in [0.05, 0.1) is 0 Å². The molecule has 0 bridgehead atoms. The topological polar surface area (TPSA) is 261 Å². The van der Waals surface area contributed by atoms with Gasteiger partial charge in [-0.05, 0) is 44.9 Å². The molecular formula is C67H134O14. The quantitative estimate of drug-likeness (QED) is 0.0280. The maximum absolute atomic E-state index is 10.1. The molecule has 14 heteroatoms. The Morgan fingerprint density at radius 2 is 0.222 bits per heavy atom.